The fourth-order valence-corrected chi connectivity index (χ4v) is 3.99. The summed E-state index contributed by atoms with van der Waals surface area (Å²) >= 11 is 0. The van der Waals surface area contributed by atoms with Gasteiger partial charge in [0, 0.05) is 12.7 Å². The van der Waals surface area contributed by atoms with E-state index in [0.717, 1.165) is 30.8 Å². The average Bonchev–Trinajstić information content (AvgIpc) is 3.15. The van der Waals surface area contributed by atoms with Gasteiger partial charge < -0.3 is 19.7 Å². The molecule has 184 valence electrons. The summed E-state index contributed by atoms with van der Waals surface area (Å²) in [5.41, 5.74) is 1.74. The molecule has 0 bridgehead atoms. The number of amides is 2. The van der Waals surface area contributed by atoms with Crippen molar-refractivity contribution in [1.29, 1.82) is 0 Å². The molecular formula is C27H32N4O4. The van der Waals surface area contributed by atoms with E-state index in [9.17, 15) is 9.59 Å². The number of ether oxygens (including phenoxy) is 2. The van der Waals surface area contributed by atoms with Crippen molar-refractivity contribution in [1.82, 2.24) is 14.7 Å². The summed E-state index contributed by atoms with van der Waals surface area (Å²) in [5, 5.41) is 7.04. The number of aromatic nitrogens is 2. The summed E-state index contributed by atoms with van der Waals surface area (Å²) in [5.74, 6) is 1.38. The topological polar surface area (TPSA) is 85.7 Å². The smallest absolute Gasteiger partial charge is 0.244 e. The maximum absolute atomic E-state index is 13.0. The van der Waals surface area contributed by atoms with Crippen LogP contribution in [0.4, 0.5) is 5.69 Å². The predicted molar refractivity (Wildman–Crippen MR) is 133 cm³/mol. The van der Waals surface area contributed by atoms with Crippen LogP contribution in [-0.2, 0) is 16.1 Å². The molecule has 1 aliphatic rings. The molecule has 2 heterocycles. The average molecular weight is 477 g/mol. The van der Waals surface area contributed by atoms with Gasteiger partial charge in [-0.3, -0.25) is 14.3 Å². The lowest BCUT2D eigenvalue weighted by Gasteiger charge is -2.25. The number of carbonyl (C=O) groups is 2. The molecular weight excluding hydrogens is 444 g/mol. The summed E-state index contributed by atoms with van der Waals surface area (Å²) < 4.78 is 13.3. The molecule has 1 atom stereocenters. The van der Waals surface area contributed by atoms with E-state index in [1.807, 2.05) is 66.4 Å². The van der Waals surface area contributed by atoms with Crippen molar-refractivity contribution in [3.8, 4) is 11.5 Å². The number of para-hydroxylation sites is 1. The maximum atomic E-state index is 13.0. The minimum Gasteiger partial charge on any atom is -0.493 e. The zero-order valence-corrected chi connectivity index (χ0v) is 20.1. The van der Waals surface area contributed by atoms with Gasteiger partial charge in [-0.1, -0.05) is 35.9 Å². The second-order valence-electron chi connectivity index (χ2n) is 8.77. The second-order valence-corrected chi connectivity index (χ2v) is 8.77. The third-order valence-corrected chi connectivity index (χ3v) is 5.86. The fourth-order valence-electron chi connectivity index (χ4n) is 3.99. The number of benzene rings is 2. The van der Waals surface area contributed by atoms with Crippen LogP contribution in [0.1, 0.15) is 31.2 Å². The summed E-state index contributed by atoms with van der Waals surface area (Å²) in [6.45, 7) is 3.70. The monoisotopic (exact) mass is 476 g/mol. The summed E-state index contributed by atoms with van der Waals surface area (Å²) in [6, 6.07) is 17.4. The predicted octanol–water partition coefficient (Wildman–Crippen LogP) is 4.06. The number of aryl methyl sites for hydroxylation is 1. The summed E-state index contributed by atoms with van der Waals surface area (Å²) in [7, 11) is 0. The van der Waals surface area contributed by atoms with Crippen LogP contribution < -0.4 is 14.8 Å². The lowest BCUT2D eigenvalue weighted by atomic mass is 10.2. The highest BCUT2D eigenvalue weighted by Gasteiger charge is 2.23. The number of rotatable bonds is 9. The molecule has 2 aromatic carbocycles. The number of hydrogen-bond donors (Lipinski definition) is 1. The van der Waals surface area contributed by atoms with Crippen LogP contribution in [0.25, 0.3) is 0 Å². The molecule has 1 fully saturated rings. The van der Waals surface area contributed by atoms with Gasteiger partial charge in [0.05, 0.1) is 31.5 Å². The number of hydrogen-bond acceptors (Lipinski definition) is 5. The normalized spacial score (nSPS) is 15.8. The van der Waals surface area contributed by atoms with Crippen molar-refractivity contribution in [2.75, 3.05) is 25.0 Å². The third kappa shape index (κ3) is 7.60. The van der Waals surface area contributed by atoms with Crippen LogP contribution in [0, 0.1) is 6.92 Å². The minimum absolute atomic E-state index is 0.0124. The van der Waals surface area contributed by atoms with E-state index in [0.29, 0.717) is 18.8 Å². The zero-order chi connectivity index (χ0) is 24.5. The highest BCUT2D eigenvalue weighted by Crippen LogP contribution is 2.19. The summed E-state index contributed by atoms with van der Waals surface area (Å²) in [6.07, 6.45) is 6.30. The zero-order valence-electron chi connectivity index (χ0n) is 20.1. The van der Waals surface area contributed by atoms with E-state index in [-0.39, 0.29) is 37.5 Å². The standard InChI is InChI=1S/C27H32N4O4/c1-21-10-12-24(13-11-21)35-25-9-5-6-15-30(19-25)27(33)20-31-18-22(17-28-31)29-26(32)14-16-34-23-7-3-2-4-8-23/h2-4,7-8,10-13,17-18,25H,5-6,9,14-16,19-20H2,1H3,(H,29,32). The molecule has 1 aromatic heterocycles. The molecule has 35 heavy (non-hydrogen) atoms. The number of nitrogens with zero attached hydrogens (tertiary/aromatic N) is 3. The quantitative estimate of drug-likeness (QED) is 0.503. The Morgan fingerprint density at radius 2 is 1.86 bits per heavy atom. The molecule has 0 saturated carbocycles. The number of nitrogens with one attached hydrogen (secondary N) is 1. The molecule has 1 unspecified atom stereocenters. The molecule has 0 aliphatic carbocycles. The van der Waals surface area contributed by atoms with Crippen LogP contribution in [-0.4, -0.2) is 52.3 Å². The maximum Gasteiger partial charge on any atom is 0.244 e. The molecule has 8 nitrogen and oxygen atoms in total. The Kier molecular flexibility index (Phi) is 8.38. The fraction of sp³-hybridized carbons (Fsp3) is 0.370. The first kappa shape index (κ1) is 24.3. The van der Waals surface area contributed by atoms with Crippen molar-refractivity contribution in [2.45, 2.75) is 45.3 Å². The molecule has 4 rings (SSSR count). The van der Waals surface area contributed by atoms with Gasteiger partial charge in [-0.25, -0.2) is 0 Å². The first-order chi connectivity index (χ1) is 17.0. The Labute approximate surface area is 205 Å². The van der Waals surface area contributed by atoms with Crippen LogP contribution in [0.2, 0.25) is 0 Å². The van der Waals surface area contributed by atoms with Gasteiger partial charge in [0.15, 0.2) is 0 Å². The van der Waals surface area contributed by atoms with Crippen molar-refractivity contribution < 1.29 is 19.1 Å². The van der Waals surface area contributed by atoms with Crippen molar-refractivity contribution in [3.63, 3.8) is 0 Å². The molecule has 1 N–H and O–H groups in total. The van der Waals surface area contributed by atoms with Crippen LogP contribution in [0.15, 0.2) is 67.0 Å². The molecule has 0 radical (unpaired) electrons. The first-order valence-electron chi connectivity index (χ1n) is 12.1. The SMILES string of the molecule is Cc1ccc(OC2CCCCN(C(=O)Cn3cc(NC(=O)CCOc4ccccc4)cn3)C2)cc1. The summed E-state index contributed by atoms with van der Waals surface area (Å²) in [4.78, 5) is 27.0. The van der Waals surface area contributed by atoms with Crippen molar-refractivity contribution in [3.05, 3.63) is 72.6 Å². The van der Waals surface area contributed by atoms with Gasteiger partial charge in [0.2, 0.25) is 11.8 Å². The number of likely N-dealkylation sites (tertiary alicyclic amines) is 1. The van der Waals surface area contributed by atoms with Crippen LogP contribution in [0.3, 0.4) is 0 Å². The van der Waals surface area contributed by atoms with E-state index < -0.39 is 0 Å². The largest absolute Gasteiger partial charge is 0.493 e. The molecule has 3 aromatic rings. The minimum atomic E-state index is -0.171. The Morgan fingerprint density at radius 3 is 2.66 bits per heavy atom. The van der Waals surface area contributed by atoms with Crippen LogP contribution in [0.5, 0.6) is 11.5 Å². The van der Waals surface area contributed by atoms with Gasteiger partial charge in [-0.05, 0) is 50.5 Å². The van der Waals surface area contributed by atoms with E-state index >= 15 is 0 Å². The highest BCUT2D eigenvalue weighted by molar-refractivity contribution is 5.90. The molecule has 8 heteroatoms. The molecule has 1 saturated heterocycles. The highest BCUT2D eigenvalue weighted by atomic mass is 16.5. The number of carbonyl (C=O) groups excluding carboxylic acids is 2. The Bertz CT molecular complexity index is 1100. The second kappa shape index (κ2) is 12.1. The Balaban J connectivity index is 1.24. The van der Waals surface area contributed by atoms with Gasteiger partial charge in [-0.2, -0.15) is 5.10 Å². The molecule has 0 spiro atoms. The van der Waals surface area contributed by atoms with Gasteiger partial charge in [0.1, 0.15) is 24.1 Å². The lowest BCUT2D eigenvalue weighted by molar-refractivity contribution is -0.132. The van der Waals surface area contributed by atoms with E-state index in [2.05, 4.69) is 10.4 Å². The van der Waals surface area contributed by atoms with E-state index in [4.69, 9.17) is 9.47 Å². The number of anilines is 1. The lowest BCUT2D eigenvalue weighted by Crippen LogP contribution is -2.40. The van der Waals surface area contributed by atoms with Gasteiger partial charge in [-0.15, -0.1) is 0 Å². The van der Waals surface area contributed by atoms with E-state index in [1.54, 1.807) is 17.1 Å². The Hall–Kier alpha value is -3.81. The van der Waals surface area contributed by atoms with Crippen molar-refractivity contribution in [2.24, 2.45) is 0 Å². The van der Waals surface area contributed by atoms with Gasteiger partial charge in [0.25, 0.3) is 0 Å². The van der Waals surface area contributed by atoms with Gasteiger partial charge >= 0.3 is 0 Å². The Morgan fingerprint density at radius 1 is 1.06 bits per heavy atom. The van der Waals surface area contributed by atoms with Crippen molar-refractivity contribution >= 4 is 17.5 Å². The van der Waals surface area contributed by atoms with E-state index in [1.165, 1.54) is 5.56 Å². The molecule has 1 aliphatic heterocycles. The third-order valence-electron chi connectivity index (χ3n) is 5.86. The first-order valence-corrected chi connectivity index (χ1v) is 12.1. The van der Waals surface area contributed by atoms with Crippen LogP contribution >= 0.6 is 0 Å². The molecule has 2 amide bonds.